The van der Waals surface area contributed by atoms with Gasteiger partial charge in [0, 0.05) is 33.1 Å². The Bertz CT molecular complexity index is 1010. The van der Waals surface area contributed by atoms with Crippen LogP contribution in [0, 0.1) is 11.3 Å². The highest BCUT2D eigenvalue weighted by molar-refractivity contribution is 7.20. The maximum atomic E-state index is 9.65. The van der Waals surface area contributed by atoms with E-state index >= 15 is 0 Å². The van der Waals surface area contributed by atoms with Crippen molar-refractivity contribution < 1.29 is 0 Å². The van der Waals surface area contributed by atoms with Crippen LogP contribution in [0.25, 0.3) is 21.7 Å². The van der Waals surface area contributed by atoms with Crippen molar-refractivity contribution in [1.82, 2.24) is 4.90 Å². The third-order valence-electron chi connectivity index (χ3n) is 4.69. The summed E-state index contributed by atoms with van der Waals surface area (Å²) in [5.74, 6) is 0. The Morgan fingerprint density at radius 2 is 2.00 bits per heavy atom. The summed E-state index contributed by atoms with van der Waals surface area (Å²) in [6.07, 6.45) is 3.00. The molecule has 2 aromatic carbocycles. The van der Waals surface area contributed by atoms with E-state index < -0.39 is 0 Å². The molecule has 25 heavy (non-hydrogen) atoms. The summed E-state index contributed by atoms with van der Waals surface area (Å²) >= 11 is 8.23. The van der Waals surface area contributed by atoms with Crippen LogP contribution in [0.15, 0.2) is 42.5 Å². The second-order valence-electron chi connectivity index (χ2n) is 6.37. The van der Waals surface area contributed by atoms with Crippen LogP contribution in [0.3, 0.4) is 0 Å². The lowest BCUT2D eigenvalue weighted by molar-refractivity contribution is 0.337. The molecule has 0 amide bonds. The van der Waals surface area contributed by atoms with Crippen molar-refractivity contribution in [3.05, 3.63) is 69.1 Å². The maximum Gasteiger partial charge on any atom is 0.0998 e. The molecule has 0 saturated carbocycles. The first-order chi connectivity index (χ1) is 12.2. The lowest BCUT2D eigenvalue weighted by atomic mass is 10.0. The van der Waals surface area contributed by atoms with Gasteiger partial charge in [0.05, 0.1) is 11.6 Å². The first kappa shape index (κ1) is 16.4. The van der Waals surface area contributed by atoms with Gasteiger partial charge in [-0.1, -0.05) is 41.9 Å². The summed E-state index contributed by atoms with van der Waals surface area (Å²) in [6, 6.07) is 16.3. The molecule has 0 saturated heterocycles. The summed E-state index contributed by atoms with van der Waals surface area (Å²) in [5, 5.41) is 11.8. The number of thiophene rings is 1. The van der Waals surface area contributed by atoms with Gasteiger partial charge in [0.1, 0.15) is 0 Å². The van der Waals surface area contributed by atoms with Crippen molar-refractivity contribution in [3.8, 4) is 6.07 Å². The molecule has 0 fully saturated rings. The van der Waals surface area contributed by atoms with E-state index in [4.69, 9.17) is 11.6 Å². The van der Waals surface area contributed by atoms with Gasteiger partial charge in [-0.05, 0) is 48.4 Å². The molecule has 4 rings (SSSR count). The standard InChI is InChI=1S/C21H17ClN2S/c1-24-10-9-16-18(22)7-8-19-21(16)17(13-24)20(25-19)11-15(12-23)14-5-3-2-4-6-14/h2-8,11H,9-10,13H2,1H3/b15-11-. The average molecular weight is 365 g/mol. The predicted molar refractivity (Wildman–Crippen MR) is 107 cm³/mol. The molecule has 3 aromatic rings. The molecule has 2 nitrogen and oxygen atoms in total. The number of benzene rings is 2. The Balaban J connectivity index is 1.94. The van der Waals surface area contributed by atoms with E-state index in [1.54, 1.807) is 11.3 Å². The van der Waals surface area contributed by atoms with Gasteiger partial charge in [-0.15, -0.1) is 11.3 Å². The van der Waals surface area contributed by atoms with E-state index in [1.807, 2.05) is 42.5 Å². The quantitative estimate of drug-likeness (QED) is 0.553. The lowest BCUT2D eigenvalue weighted by Crippen LogP contribution is -2.18. The highest BCUT2D eigenvalue weighted by atomic mass is 35.5. The van der Waals surface area contributed by atoms with Crippen LogP contribution in [-0.2, 0) is 13.0 Å². The van der Waals surface area contributed by atoms with Crippen molar-refractivity contribution >= 4 is 44.7 Å². The fraction of sp³-hybridized carbons (Fsp3) is 0.190. The van der Waals surface area contributed by atoms with Crippen molar-refractivity contribution in [2.75, 3.05) is 13.6 Å². The normalized spacial score (nSPS) is 15.2. The molecule has 4 heteroatoms. The molecule has 0 bridgehead atoms. The third kappa shape index (κ3) is 2.98. The molecule has 0 radical (unpaired) electrons. The van der Waals surface area contributed by atoms with Crippen LogP contribution in [0.1, 0.15) is 21.6 Å². The van der Waals surface area contributed by atoms with Gasteiger partial charge in [-0.25, -0.2) is 0 Å². The lowest BCUT2D eigenvalue weighted by Gasteiger charge is -2.13. The highest BCUT2D eigenvalue weighted by Crippen LogP contribution is 2.40. The van der Waals surface area contributed by atoms with Crippen LogP contribution < -0.4 is 0 Å². The van der Waals surface area contributed by atoms with E-state index in [9.17, 15) is 5.26 Å². The van der Waals surface area contributed by atoms with Gasteiger partial charge in [-0.2, -0.15) is 5.26 Å². The molecular weight excluding hydrogens is 348 g/mol. The van der Waals surface area contributed by atoms with Crippen LogP contribution in [0.2, 0.25) is 5.02 Å². The molecule has 0 atom stereocenters. The smallest absolute Gasteiger partial charge is 0.0998 e. The number of hydrogen-bond donors (Lipinski definition) is 0. The van der Waals surface area contributed by atoms with Crippen LogP contribution >= 0.6 is 22.9 Å². The Kier molecular flexibility index (Phi) is 4.35. The van der Waals surface area contributed by atoms with Gasteiger partial charge in [0.25, 0.3) is 0 Å². The third-order valence-corrected chi connectivity index (χ3v) is 6.19. The average Bonchev–Trinajstić information content (AvgIpc) is 2.85. The molecule has 124 valence electrons. The van der Waals surface area contributed by atoms with Crippen molar-refractivity contribution in [2.24, 2.45) is 0 Å². The van der Waals surface area contributed by atoms with Gasteiger partial charge in [0.15, 0.2) is 0 Å². The van der Waals surface area contributed by atoms with Crippen molar-refractivity contribution in [3.63, 3.8) is 0 Å². The Morgan fingerprint density at radius 3 is 2.76 bits per heavy atom. The number of likely N-dealkylation sites (N-methyl/N-ethyl adjacent to an activating group) is 1. The summed E-state index contributed by atoms with van der Waals surface area (Å²) < 4.78 is 1.25. The van der Waals surface area contributed by atoms with Gasteiger partial charge >= 0.3 is 0 Å². The molecule has 0 aliphatic carbocycles. The summed E-state index contributed by atoms with van der Waals surface area (Å²) in [7, 11) is 2.14. The SMILES string of the molecule is CN1CCc2c(Cl)ccc3sc(/C=C(/C#N)c4ccccc4)c(c23)C1. The molecule has 2 heterocycles. The number of nitrogens with zero attached hydrogens (tertiary/aromatic N) is 2. The Hall–Kier alpha value is -2.12. The zero-order valence-electron chi connectivity index (χ0n) is 13.9. The van der Waals surface area contributed by atoms with E-state index in [0.29, 0.717) is 5.57 Å². The number of halogens is 1. The zero-order chi connectivity index (χ0) is 17.4. The summed E-state index contributed by atoms with van der Waals surface area (Å²) in [6.45, 7) is 1.87. The maximum absolute atomic E-state index is 9.65. The molecule has 0 spiro atoms. The summed E-state index contributed by atoms with van der Waals surface area (Å²) in [5.41, 5.74) is 4.19. The number of rotatable bonds is 2. The Labute approximate surface area is 156 Å². The highest BCUT2D eigenvalue weighted by Gasteiger charge is 2.21. The first-order valence-corrected chi connectivity index (χ1v) is 9.45. The van der Waals surface area contributed by atoms with E-state index in [1.165, 1.54) is 21.2 Å². The molecular formula is C21H17ClN2S. The largest absolute Gasteiger partial charge is 0.302 e. The molecule has 1 aromatic heterocycles. The van der Waals surface area contributed by atoms with Crippen molar-refractivity contribution in [1.29, 1.82) is 5.26 Å². The number of allylic oxidation sites excluding steroid dienone is 1. The van der Waals surface area contributed by atoms with Gasteiger partial charge in [-0.3, -0.25) is 0 Å². The van der Waals surface area contributed by atoms with Gasteiger partial charge in [0.2, 0.25) is 0 Å². The monoisotopic (exact) mass is 364 g/mol. The number of nitriles is 1. The minimum atomic E-state index is 0.697. The second kappa shape index (κ2) is 6.65. The molecule has 0 unspecified atom stereocenters. The fourth-order valence-corrected chi connectivity index (χ4v) is 4.86. The first-order valence-electron chi connectivity index (χ1n) is 8.26. The fourth-order valence-electron chi connectivity index (χ4n) is 3.42. The molecule has 1 aliphatic heterocycles. The van der Waals surface area contributed by atoms with E-state index in [2.05, 4.69) is 24.1 Å². The van der Waals surface area contributed by atoms with E-state index in [0.717, 1.165) is 35.0 Å². The summed E-state index contributed by atoms with van der Waals surface area (Å²) in [4.78, 5) is 3.48. The Morgan fingerprint density at radius 1 is 1.20 bits per heavy atom. The predicted octanol–water partition coefficient (Wildman–Crippen LogP) is 5.61. The second-order valence-corrected chi connectivity index (χ2v) is 7.86. The molecule has 0 N–H and O–H groups in total. The van der Waals surface area contributed by atoms with Crippen LogP contribution in [0.5, 0.6) is 0 Å². The topological polar surface area (TPSA) is 27.0 Å². The minimum absolute atomic E-state index is 0.697. The van der Waals surface area contributed by atoms with E-state index in [-0.39, 0.29) is 0 Å². The minimum Gasteiger partial charge on any atom is -0.302 e. The zero-order valence-corrected chi connectivity index (χ0v) is 15.5. The van der Waals surface area contributed by atoms with Crippen molar-refractivity contribution in [2.45, 2.75) is 13.0 Å². The van der Waals surface area contributed by atoms with Crippen LogP contribution in [0.4, 0.5) is 0 Å². The van der Waals surface area contributed by atoms with Gasteiger partial charge < -0.3 is 4.90 Å². The number of hydrogen-bond acceptors (Lipinski definition) is 3. The molecule has 1 aliphatic rings. The van der Waals surface area contributed by atoms with Crippen LogP contribution in [-0.4, -0.2) is 18.5 Å².